The molecule has 0 heterocycles. The second-order valence-corrected chi connectivity index (χ2v) is 10.8. The zero-order valence-electron chi connectivity index (χ0n) is 20.8. The molecule has 0 bridgehead atoms. The Morgan fingerprint density at radius 3 is 2.13 bits per heavy atom. The fourth-order valence-corrected chi connectivity index (χ4v) is 5.80. The minimum Gasteiger partial charge on any atom is -0.326 e. The molecule has 0 saturated heterocycles. The van der Waals surface area contributed by atoms with Crippen LogP contribution in [0, 0.1) is 5.92 Å². The number of nitrogens with one attached hydrogen (secondary N) is 2. The summed E-state index contributed by atoms with van der Waals surface area (Å²) in [6.45, 7) is 0. The van der Waals surface area contributed by atoms with E-state index in [0.717, 1.165) is 23.3 Å². The van der Waals surface area contributed by atoms with Crippen LogP contribution in [0.2, 0.25) is 0 Å². The molecule has 2 N–H and O–H groups in total. The summed E-state index contributed by atoms with van der Waals surface area (Å²) in [5, 5.41) is 5.24. The van der Waals surface area contributed by atoms with Gasteiger partial charge in [0.05, 0.1) is 11.3 Å². The quantitative estimate of drug-likeness (QED) is 0.241. The van der Waals surface area contributed by atoms with Crippen LogP contribution in [-0.2, 0) is 9.59 Å². The largest absolute Gasteiger partial charge is 0.326 e. The van der Waals surface area contributed by atoms with Crippen LogP contribution in [0.3, 0.4) is 0 Å². The lowest BCUT2D eigenvalue weighted by atomic mass is 9.83. The summed E-state index contributed by atoms with van der Waals surface area (Å²) in [6.07, 6.45) is 1.83. The molecular weight excluding hydrogens is 508 g/mol. The highest BCUT2D eigenvalue weighted by Gasteiger charge is 2.33. The normalized spacial score (nSPS) is 14.7. The number of anilines is 2. The van der Waals surface area contributed by atoms with Gasteiger partial charge in [-0.2, -0.15) is 0 Å². The zero-order valence-corrected chi connectivity index (χ0v) is 21.7. The van der Waals surface area contributed by atoms with E-state index in [9.17, 15) is 19.2 Å². The first-order chi connectivity index (χ1) is 19.0. The predicted octanol–water partition coefficient (Wildman–Crippen LogP) is 6.28. The van der Waals surface area contributed by atoms with Crippen molar-refractivity contribution < 1.29 is 19.2 Å². The third-order valence-corrected chi connectivity index (χ3v) is 8.10. The van der Waals surface area contributed by atoms with Crippen LogP contribution in [0.4, 0.5) is 11.4 Å². The lowest BCUT2D eigenvalue weighted by Crippen LogP contribution is -2.25. The van der Waals surface area contributed by atoms with Crippen LogP contribution in [0.25, 0.3) is 0 Å². The average Bonchev–Trinajstić information content (AvgIpc) is 3.81. The number of hydrogen-bond acceptors (Lipinski definition) is 5. The topological polar surface area (TPSA) is 92.3 Å². The number of rotatable bonds is 7. The van der Waals surface area contributed by atoms with Crippen molar-refractivity contribution in [3.63, 3.8) is 0 Å². The van der Waals surface area contributed by atoms with Gasteiger partial charge in [-0.3, -0.25) is 19.2 Å². The van der Waals surface area contributed by atoms with Gasteiger partial charge in [0.25, 0.3) is 0 Å². The summed E-state index contributed by atoms with van der Waals surface area (Å²) in [6, 6.07) is 28.5. The molecule has 0 spiro atoms. The van der Waals surface area contributed by atoms with Crippen molar-refractivity contribution in [2.45, 2.75) is 23.0 Å². The van der Waals surface area contributed by atoms with Gasteiger partial charge < -0.3 is 10.6 Å². The standard InChI is InChI=1S/C32H24N2O4S/c35-28-23-12-4-5-13-24(23)29(36)27-25(28)14-7-15-26(27)34-32(38)30(19-8-2-1-3-9-19)39-22-11-6-10-21(18-22)33-31(37)20-16-17-20/h1-15,18,20,30H,16-17H2,(H,33,37)(H,34,38). The van der Waals surface area contributed by atoms with Gasteiger partial charge in [0.15, 0.2) is 11.6 Å². The maximum absolute atomic E-state index is 13.8. The molecule has 4 aromatic carbocycles. The van der Waals surface area contributed by atoms with Crippen molar-refractivity contribution in [3.8, 4) is 0 Å². The molecule has 2 aliphatic rings. The lowest BCUT2D eigenvalue weighted by Gasteiger charge is -2.22. The minimum absolute atomic E-state index is 0.0177. The zero-order chi connectivity index (χ0) is 26.9. The van der Waals surface area contributed by atoms with Gasteiger partial charge in [-0.1, -0.05) is 72.8 Å². The van der Waals surface area contributed by atoms with E-state index in [4.69, 9.17) is 0 Å². The number of carbonyl (C=O) groups is 4. The summed E-state index contributed by atoms with van der Waals surface area (Å²) >= 11 is 1.35. The lowest BCUT2D eigenvalue weighted by molar-refractivity contribution is -0.117. The molecule has 1 saturated carbocycles. The van der Waals surface area contributed by atoms with E-state index < -0.39 is 5.25 Å². The first kappa shape index (κ1) is 24.8. The van der Waals surface area contributed by atoms with E-state index in [2.05, 4.69) is 10.6 Å². The van der Waals surface area contributed by atoms with Crippen molar-refractivity contribution in [2.24, 2.45) is 5.92 Å². The Morgan fingerprint density at radius 2 is 1.38 bits per heavy atom. The van der Waals surface area contributed by atoms with E-state index >= 15 is 0 Å². The van der Waals surface area contributed by atoms with Crippen LogP contribution in [-0.4, -0.2) is 23.4 Å². The van der Waals surface area contributed by atoms with Crippen LogP contribution in [0.5, 0.6) is 0 Å². The number of thioether (sulfide) groups is 1. The minimum atomic E-state index is -0.655. The summed E-state index contributed by atoms with van der Waals surface area (Å²) in [7, 11) is 0. The van der Waals surface area contributed by atoms with Gasteiger partial charge in [-0.05, 0) is 42.7 Å². The molecule has 6 nitrogen and oxygen atoms in total. The molecule has 0 radical (unpaired) electrons. The monoisotopic (exact) mass is 532 g/mol. The summed E-state index contributed by atoms with van der Waals surface area (Å²) in [4.78, 5) is 53.4. The van der Waals surface area contributed by atoms with Gasteiger partial charge in [-0.15, -0.1) is 11.8 Å². The fraction of sp³-hybridized carbons (Fsp3) is 0.125. The van der Waals surface area contributed by atoms with Crippen LogP contribution in [0.1, 0.15) is 55.5 Å². The number of carbonyl (C=O) groups excluding carboxylic acids is 4. The molecule has 192 valence electrons. The first-order valence-electron chi connectivity index (χ1n) is 12.7. The maximum atomic E-state index is 13.8. The Balaban J connectivity index is 1.30. The summed E-state index contributed by atoms with van der Waals surface area (Å²) in [5.41, 5.74) is 2.95. The average molecular weight is 533 g/mol. The highest BCUT2D eigenvalue weighted by atomic mass is 32.2. The Bertz CT molecular complexity index is 1630. The predicted molar refractivity (Wildman–Crippen MR) is 151 cm³/mol. The third-order valence-electron chi connectivity index (χ3n) is 6.85. The van der Waals surface area contributed by atoms with Crippen molar-refractivity contribution in [2.75, 3.05) is 10.6 Å². The molecule has 2 amide bonds. The summed E-state index contributed by atoms with van der Waals surface area (Å²) < 4.78 is 0. The van der Waals surface area contributed by atoms with Gasteiger partial charge in [-0.25, -0.2) is 0 Å². The number of amides is 2. The van der Waals surface area contributed by atoms with E-state index in [1.54, 1.807) is 42.5 Å². The van der Waals surface area contributed by atoms with E-state index in [1.165, 1.54) is 11.8 Å². The van der Waals surface area contributed by atoms with Crippen LogP contribution < -0.4 is 10.6 Å². The van der Waals surface area contributed by atoms with Crippen molar-refractivity contribution in [3.05, 3.63) is 125 Å². The van der Waals surface area contributed by atoms with Crippen molar-refractivity contribution >= 4 is 46.5 Å². The van der Waals surface area contributed by atoms with Crippen LogP contribution in [0.15, 0.2) is 102 Å². The highest BCUT2D eigenvalue weighted by Crippen LogP contribution is 2.39. The first-order valence-corrected chi connectivity index (χ1v) is 13.6. The molecule has 4 aromatic rings. The molecule has 7 heteroatoms. The van der Waals surface area contributed by atoms with Gasteiger partial charge in [0.2, 0.25) is 11.8 Å². The number of fused-ring (bicyclic) bond motifs is 2. The number of hydrogen-bond donors (Lipinski definition) is 2. The van der Waals surface area contributed by atoms with Gasteiger partial charge in [0.1, 0.15) is 5.25 Å². The molecule has 2 aliphatic carbocycles. The molecule has 6 rings (SSSR count). The van der Waals surface area contributed by atoms with Crippen LogP contribution >= 0.6 is 11.8 Å². The second kappa shape index (κ2) is 10.3. The van der Waals surface area contributed by atoms with Crippen molar-refractivity contribution in [1.29, 1.82) is 0 Å². The Labute approximate surface area is 229 Å². The van der Waals surface area contributed by atoms with E-state index in [-0.39, 0.29) is 40.4 Å². The number of ketones is 2. The van der Waals surface area contributed by atoms with E-state index in [1.807, 2.05) is 54.6 Å². The molecule has 39 heavy (non-hydrogen) atoms. The summed E-state index contributed by atoms with van der Waals surface area (Å²) in [5.74, 6) is -0.757. The molecule has 0 aromatic heterocycles. The molecule has 1 fully saturated rings. The van der Waals surface area contributed by atoms with Gasteiger partial charge in [0, 0.05) is 33.2 Å². The van der Waals surface area contributed by atoms with E-state index in [0.29, 0.717) is 22.5 Å². The van der Waals surface area contributed by atoms with Crippen molar-refractivity contribution in [1.82, 2.24) is 0 Å². The molecule has 1 atom stereocenters. The maximum Gasteiger partial charge on any atom is 0.242 e. The second-order valence-electron chi connectivity index (χ2n) is 9.62. The molecular formula is C32H24N2O4S. The smallest absolute Gasteiger partial charge is 0.242 e. The Morgan fingerprint density at radius 1 is 0.718 bits per heavy atom. The SMILES string of the molecule is O=C1c2ccccc2C(=O)c2c(NC(=O)C(Sc3cccc(NC(=O)C4CC4)c3)c3ccccc3)cccc21. The fourth-order valence-electron chi connectivity index (χ4n) is 4.72. The molecule has 0 aliphatic heterocycles. The Hall–Kier alpha value is -4.49. The van der Waals surface area contributed by atoms with Gasteiger partial charge >= 0.3 is 0 Å². The third kappa shape index (κ3) is 5.01. The number of benzene rings is 4. The Kier molecular flexibility index (Phi) is 6.59. The highest BCUT2D eigenvalue weighted by molar-refractivity contribution is 8.00. The molecule has 1 unspecified atom stereocenters.